The highest BCUT2D eigenvalue weighted by Gasteiger charge is 2.27. The maximum atomic E-state index is 12.0. The number of carbonyl (C=O) groups excluding carboxylic acids is 1. The number of halogens is 1. The Hall–Kier alpha value is -2.08. The Morgan fingerprint density at radius 1 is 1.52 bits per heavy atom. The molecule has 0 saturated carbocycles. The van der Waals surface area contributed by atoms with Crippen LogP contribution in [0.3, 0.4) is 0 Å². The van der Waals surface area contributed by atoms with E-state index in [1.807, 2.05) is 12.1 Å². The minimum Gasteiger partial charge on any atom is -0.491 e. The number of aromatic nitrogens is 3. The first-order chi connectivity index (χ1) is 10.2. The molecule has 0 bridgehead atoms. The van der Waals surface area contributed by atoms with Crippen LogP contribution < -0.4 is 10.1 Å². The van der Waals surface area contributed by atoms with Crippen LogP contribution in [-0.4, -0.2) is 27.3 Å². The molecule has 1 unspecified atom stereocenters. The van der Waals surface area contributed by atoms with Gasteiger partial charge in [-0.2, -0.15) is 5.10 Å². The van der Waals surface area contributed by atoms with Crippen LogP contribution in [0.15, 0.2) is 30.9 Å². The summed E-state index contributed by atoms with van der Waals surface area (Å²) in [5.74, 6) is 0.729. The molecule has 1 aliphatic heterocycles. The summed E-state index contributed by atoms with van der Waals surface area (Å²) in [7, 11) is 0. The van der Waals surface area contributed by atoms with E-state index in [4.69, 9.17) is 16.3 Å². The summed E-state index contributed by atoms with van der Waals surface area (Å²) in [5, 5.41) is 7.58. The number of carbonyl (C=O) groups is 1. The molecule has 1 aromatic heterocycles. The quantitative estimate of drug-likeness (QED) is 0.917. The van der Waals surface area contributed by atoms with Crippen LogP contribution in [0.2, 0.25) is 5.02 Å². The van der Waals surface area contributed by atoms with Gasteiger partial charge in [-0.1, -0.05) is 17.7 Å². The molecule has 0 spiro atoms. The molecule has 0 aliphatic carbocycles. The highest BCUT2D eigenvalue weighted by molar-refractivity contribution is 6.31. The van der Waals surface area contributed by atoms with Gasteiger partial charge in [0.15, 0.2) is 0 Å². The van der Waals surface area contributed by atoms with Crippen LogP contribution in [0, 0.1) is 0 Å². The van der Waals surface area contributed by atoms with Crippen molar-refractivity contribution in [2.75, 3.05) is 6.61 Å². The van der Waals surface area contributed by atoms with Crippen LogP contribution in [0.5, 0.6) is 5.75 Å². The van der Waals surface area contributed by atoms with E-state index in [2.05, 4.69) is 15.4 Å². The molecule has 0 saturated heterocycles. The number of amides is 1. The Kier molecular flexibility index (Phi) is 4.06. The van der Waals surface area contributed by atoms with Crippen molar-refractivity contribution in [2.45, 2.75) is 25.4 Å². The molecule has 3 rings (SSSR count). The molecular formula is C14H15ClN4O2. The molecule has 0 fully saturated rings. The minimum absolute atomic E-state index is 0.0171. The monoisotopic (exact) mass is 306 g/mol. The van der Waals surface area contributed by atoms with Gasteiger partial charge in [-0.05, 0) is 18.6 Å². The molecule has 21 heavy (non-hydrogen) atoms. The highest BCUT2D eigenvalue weighted by Crippen LogP contribution is 2.37. The first-order valence-electron chi connectivity index (χ1n) is 6.77. The summed E-state index contributed by atoms with van der Waals surface area (Å²) in [6.07, 6.45) is 4.25. The fourth-order valence-corrected chi connectivity index (χ4v) is 2.67. The zero-order valence-electron chi connectivity index (χ0n) is 11.3. The molecule has 6 nitrogen and oxygen atoms in total. The van der Waals surface area contributed by atoms with Crippen molar-refractivity contribution in [1.29, 1.82) is 0 Å². The van der Waals surface area contributed by atoms with Crippen LogP contribution in [0.4, 0.5) is 0 Å². The Morgan fingerprint density at radius 3 is 3.24 bits per heavy atom. The van der Waals surface area contributed by atoms with Gasteiger partial charge in [0.2, 0.25) is 5.91 Å². The second kappa shape index (κ2) is 6.13. The van der Waals surface area contributed by atoms with Crippen LogP contribution in [0.25, 0.3) is 0 Å². The van der Waals surface area contributed by atoms with E-state index in [0.29, 0.717) is 31.0 Å². The predicted molar refractivity (Wildman–Crippen MR) is 77.1 cm³/mol. The lowest BCUT2D eigenvalue weighted by atomic mass is 10.1. The molecule has 110 valence electrons. The van der Waals surface area contributed by atoms with Gasteiger partial charge in [-0.25, -0.2) is 4.98 Å². The number of aryl methyl sites for hydroxylation is 1. The smallest absolute Gasteiger partial charge is 0.220 e. The van der Waals surface area contributed by atoms with Crippen molar-refractivity contribution in [3.63, 3.8) is 0 Å². The summed E-state index contributed by atoms with van der Waals surface area (Å²) >= 11 is 6.17. The Morgan fingerprint density at radius 2 is 2.43 bits per heavy atom. The third-order valence-electron chi connectivity index (χ3n) is 3.36. The number of hydrogen-bond acceptors (Lipinski definition) is 4. The third kappa shape index (κ3) is 3.16. The van der Waals surface area contributed by atoms with Crippen molar-refractivity contribution in [1.82, 2.24) is 20.1 Å². The van der Waals surface area contributed by atoms with Crippen molar-refractivity contribution >= 4 is 17.5 Å². The van der Waals surface area contributed by atoms with E-state index in [1.165, 1.54) is 6.33 Å². The third-order valence-corrected chi connectivity index (χ3v) is 3.69. The van der Waals surface area contributed by atoms with Crippen molar-refractivity contribution in [3.8, 4) is 5.75 Å². The number of nitrogens with one attached hydrogen (secondary N) is 1. The summed E-state index contributed by atoms with van der Waals surface area (Å²) < 4.78 is 7.24. The van der Waals surface area contributed by atoms with E-state index >= 15 is 0 Å². The molecular weight excluding hydrogens is 292 g/mol. The molecule has 1 atom stereocenters. The molecule has 1 aliphatic rings. The Labute approximate surface area is 127 Å². The van der Waals surface area contributed by atoms with E-state index < -0.39 is 0 Å². The zero-order valence-corrected chi connectivity index (χ0v) is 12.1. The van der Waals surface area contributed by atoms with Gasteiger partial charge in [-0.15, -0.1) is 0 Å². The van der Waals surface area contributed by atoms with E-state index in [0.717, 1.165) is 11.3 Å². The van der Waals surface area contributed by atoms with Gasteiger partial charge in [0.1, 0.15) is 25.0 Å². The maximum Gasteiger partial charge on any atom is 0.220 e. The van der Waals surface area contributed by atoms with Gasteiger partial charge >= 0.3 is 0 Å². The maximum absolute atomic E-state index is 12.0. The minimum atomic E-state index is -0.174. The Balaban J connectivity index is 1.52. The number of hydrogen-bond donors (Lipinski definition) is 1. The topological polar surface area (TPSA) is 69.0 Å². The van der Waals surface area contributed by atoms with E-state index in [1.54, 1.807) is 17.1 Å². The molecule has 7 heteroatoms. The van der Waals surface area contributed by atoms with Gasteiger partial charge in [0, 0.05) is 23.6 Å². The largest absolute Gasteiger partial charge is 0.491 e. The lowest BCUT2D eigenvalue weighted by Gasteiger charge is -2.12. The molecule has 1 amide bonds. The lowest BCUT2D eigenvalue weighted by molar-refractivity contribution is -0.122. The average Bonchev–Trinajstić information content (AvgIpc) is 3.10. The molecule has 1 N–H and O–H groups in total. The van der Waals surface area contributed by atoms with Gasteiger partial charge in [0.25, 0.3) is 0 Å². The number of nitrogens with zero attached hydrogens (tertiary/aromatic N) is 3. The zero-order chi connectivity index (χ0) is 14.7. The number of benzene rings is 1. The van der Waals surface area contributed by atoms with Gasteiger partial charge in [0.05, 0.1) is 6.04 Å². The summed E-state index contributed by atoms with van der Waals surface area (Å²) in [4.78, 5) is 15.9. The van der Waals surface area contributed by atoms with Crippen molar-refractivity contribution < 1.29 is 9.53 Å². The number of rotatable bonds is 5. The average molecular weight is 307 g/mol. The fraction of sp³-hybridized carbons (Fsp3) is 0.357. The fourth-order valence-electron chi connectivity index (χ4n) is 2.37. The normalized spacial score (nSPS) is 16.3. The summed E-state index contributed by atoms with van der Waals surface area (Å²) in [5.41, 5.74) is 0.865. The summed E-state index contributed by atoms with van der Waals surface area (Å²) in [6, 6.07) is 5.33. The molecule has 0 radical (unpaired) electrons. The van der Waals surface area contributed by atoms with Crippen molar-refractivity contribution in [2.24, 2.45) is 0 Å². The van der Waals surface area contributed by atoms with Crippen LogP contribution in [-0.2, 0) is 11.3 Å². The summed E-state index contributed by atoms with van der Waals surface area (Å²) in [6.45, 7) is 1.10. The van der Waals surface area contributed by atoms with Gasteiger partial charge < -0.3 is 10.1 Å². The second-order valence-corrected chi connectivity index (χ2v) is 5.25. The first kappa shape index (κ1) is 13.9. The number of ether oxygens (including phenoxy) is 1. The molecule has 1 aromatic carbocycles. The van der Waals surface area contributed by atoms with Crippen molar-refractivity contribution in [3.05, 3.63) is 41.4 Å². The Bertz CT molecular complexity index is 630. The van der Waals surface area contributed by atoms with Gasteiger partial charge in [-0.3, -0.25) is 9.48 Å². The molecule has 2 heterocycles. The molecule has 2 aromatic rings. The number of fused-ring (bicyclic) bond motifs is 1. The predicted octanol–water partition coefficient (Wildman–Crippen LogP) is 1.96. The van der Waals surface area contributed by atoms with E-state index in [9.17, 15) is 4.79 Å². The highest BCUT2D eigenvalue weighted by atomic mass is 35.5. The van der Waals surface area contributed by atoms with Crippen LogP contribution >= 0.6 is 11.6 Å². The van der Waals surface area contributed by atoms with Crippen LogP contribution in [0.1, 0.15) is 24.4 Å². The first-order valence-corrected chi connectivity index (χ1v) is 7.15. The standard InChI is InChI=1S/C14H15ClN4O2/c15-10-3-1-4-12-14(10)11(7-21-12)18-13(20)5-2-6-19-9-16-8-17-19/h1,3-4,8-9,11H,2,5-7H2,(H,18,20). The van der Waals surface area contributed by atoms with E-state index in [-0.39, 0.29) is 11.9 Å². The SMILES string of the molecule is O=C(CCCn1cncn1)NC1COc2cccc(Cl)c21. The second-order valence-electron chi connectivity index (χ2n) is 4.84. The lowest BCUT2D eigenvalue weighted by Crippen LogP contribution is -2.29.